The highest BCUT2D eigenvalue weighted by atomic mass is 32.2. The lowest BCUT2D eigenvalue weighted by Crippen LogP contribution is -2.45. The van der Waals surface area contributed by atoms with E-state index in [1.165, 1.54) is 12.8 Å². The van der Waals surface area contributed by atoms with Gasteiger partial charge in [-0.2, -0.15) is 23.1 Å². The highest BCUT2D eigenvalue weighted by Gasteiger charge is 2.23. The van der Waals surface area contributed by atoms with Gasteiger partial charge in [0.2, 0.25) is 0 Å². The van der Waals surface area contributed by atoms with Gasteiger partial charge in [0, 0.05) is 17.8 Å². The molecule has 6 heteroatoms. The Labute approximate surface area is 134 Å². The van der Waals surface area contributed by atoms with E-state index in [0.29, 0.717) is 5.25 Å². The van der Waals surface area contributed by atoms with E-state index in [2.05, 4.69) is 17.6 Å². The largest absolute Gasteiger partial charge is 0.387 e. The molecule has 1 aliphatic rings. The second-order valence-electron chi connectivity index (χ2n) is 5.37. The summed E-state index contributed by atoms with van der Waals surface area (Å²) in [5.41, 5.74) is 0.859. The van der Waals surface area contributed by atoms with Crippen LogP contribution in [0.2, 0.25) is 0 Å². The van der Waals surface area contributed by atoms with Crippen molar-refractivity contribution in [3.63, 3.8) is 0 Å². The first-order chi connectivity index (χ1) is 10.2. The molecule has 0 radical (unpaired) electrons. The van der Waals surface area contributed by atoms with Crippen molar-refractivity contribution in [2.24, 2.45) is 0 Å². The fraction of sp³-hybridized carbons (Fsp3) is 0.667. The predicted octanol–water partition coefficient (Wildman–Crippen LogP) is 3.15. The van der Waals surface area contributed by atoms with Crippen LogP contribution in [-0.4, -0.2) is 34.7 Å². The van der Waals surface area contributed by atoms with Crippen molar-refractivity contribution < 1.29 is 9.90 Å². The molecule has 118 valence electrons. The number of aliphatic hydroxyl groups is 1. The minimum atomic E-state index is -0.628. The summed E-state index contributed by atoms with van der Waals surface area (Å²) in [6.07, 6.45) is 3.92. The first kappa shape index (κ1) is 16.6. The lowest BCUT2D eigenvalue weighted by molar-refractivity contribution is 0.172. The molecule has 1 fully saturated rings. The van der Waals surface area contributed by atoms with E-state index in [1.54, 1.807) is 11.3 Å². The third-order valence-electron chi connectivity index (χ3n) is 3.75. The van der Waals surface area contributed by atoms with Crippen molar-refractivity contribution in [1.82, 2.24) is 10.6 Å². The number of rotatable bonds is 6. The van der Waals surface area contributed by atoms with Crippen molar-refractivity contribution in [3.8, 4) is 0 Å². The second kappa shape index (κ2) is 8.66. The van der Waals surface area contributed by atoms with Crippen LogP contribution in [-0.2, 0) is 0 Å². The number of aliphatic hydroxyl groups excluding tert-OH is 1. The van der Waals surface area contributed by atoms with Gasteiger partial charge in [-0.1, -0.05) is 13.3 Å². The number of thioether (sulfide) groups is 1. The summed E-state index contributed by atoms with van der Waals surface area (Å²) in [6.45, 7) is 2.43. The Hall–Kier alpha value is -0.720. The van der Waals surface area contributed by atoms with E-state index in [-0.39, 0.29) is 18.6 Å². The zero-order valence-corrected chi connectivity index (χ0v) is 14.0. The topological polar surface area (TPSA) is 61.4 Å². The molecule has 0 saturated heterocycles. The van der Waals surface area contributed by atoms with Crippen molar-refractivity contribution in [1.29, 1.82) is 0 Å². The second-order valence-corrected chi connectivity index (χ2v) is 7.73. The minimum absolute atomic E-state index is 0.170. The smallest absolute Gasteiger partial charge is 0.315 e. The van der Waals surface area contributed by atoms with Crippen LogP contribution < -0.4 is 10.6 Å². The normalized spacial score (nSPS) is 23.5. The van der Waals surface area contributed by atoms with Gasteiger partial charge in [0.25, 0.3) is 0 Å². The lowest BCUT2D eigenvalue weighted by Gasteiger charge is -2.29. The number of amides is 2. The van der Waals surface area contributed by atoms with Crippen LogP contribution in [0.15, 0.2) is 16.8 Å². The van der Waals surface area contributed by atoms with Gasteiger partial charge in [-0.25, -0.2) is 4.79 Å². The van der Waals surface area contributed by atoms with Crippen LogP contribution in [0.5, 0.6) is 0 Å². The Morgan fingerprint density at radius 3 is 3.14 bits per heavy atom. The zero-order valence-electron chi connectivity index (χ0n) is 12.4. The molecule has 0 bridgehead atoms. The number of nitrogens with one attached hydrogen (secondary N) is 2. The fourth-order valence-corrected chi connectivity index (χ4v) is 4.55. The SMILES string of the molecule is CCS[C@@H]1CCC[C@@H](NC(=O)NC[C@H](O)c2ccsc2)C1. The first-order valence-corrected chi connectivity index (χ1v) is 9.54. The standard InChI is InChI=1S/C15H24N2O2S2/c1-2-21-13-5-3-4-12(8-13)17-15(19)16-9-14(18)11-6-7-20-10-11/h6-7,10,12-14,18H,2-5,8-9H2,1H3,(H2,16,17,19)/t12-,13-,14+/m1/s1. The molecule has 3 N–H and O–H groups in total. The van der Waals surface area contributed by atoms with Crippen LogP contribution in [0.1, 0.15) is 44.3 Å². The maximum atomic E-state index is 11.9. The summed E-state index contributed by atoms with van der Waals surface area (Å²) in [5.74, 6) is 1.14. The number of carbonyl (C=O) groups is 1. The van der Waals surface area contributed by atoms with Gasteiger partial charge in [0.15, 0.2) is 0 Å². The molecule has 0 unspecified atom stereocenters. The highest BCUT2D eigenvalue weighted by molar-refractivity contribution is 7.99. The predicted molar refractivity (Wildman–Crippen MR) is 90.0 cm³/mol. The lowest BCUT2D eigenvalue weighted by atomic mass is 9.95. The Bertz CT molecular complexity index is 423. The van der Waals surface area contributed by atoms with E-state index in [1.807, 2.05) is 28.6 Å². The molecule has 1 aromatic rings. The van der Waals surface area contributed by atoms with Crippen LogP contribution in [0.3, 0.4) is 0 Å². The molecule has 2 amide bonds. The Morgan fingerprint density at radius 1 is 1.57 bits per heavy atom. The average Bonchev–Trinajstić information content (AvgIpc) is 3.00. The summed E-state index contributed by atoms with van der Waals surface area (Å²) >= 11 is 3.53. The van der Waals surface area contributed by atoms with Crippen LogP contribution >= 0.6 is 23.1 Å². The fourth-order valence-electron chi connectivity index (χ4n) is 2.67. The van der Waals surface area contributed by atoms with Gasteiger partial charge in [-0.15, -0.1) is 0 Å². The van der Waals surface area contributed by atoms with Crippen molar-refractivity contribution >= 4 is 29.1 Å². The number of hydrogen-bond acceptors (Lipinski definition) is 4. The molecule has 1 aliphatic carbocycles. The van der Waals surface area contributed by atoms with Crippen molar-refractivity contribution in [3.05, 3.63) is 22.4 Å². The Morgan fingerprint density at radius 2 is 2.43 bits per heavy atom. The molecule has 0 aromatic carbocycles. The third-order valence-corrected chi connectivity index (χ3v) is 5.68. The quantitative estimate of drug-likeness (QED) is 0.752. The highest BCUT2D eigenvalue weighted by Crippen LogP contribution is 2.28. The van der Waals surface area contributed by atoms with Gasteiger partial charge in [0.1, 0.15) is 0 Å². The summed E-state index contributed by atoms with van der Waals surface area (Å²) in [6, 6.07) is 1.97. The number of hydrogen-bond donors (Lipinski definition) is 3. The summed E-state index contributed by atoms with van der Waals surface area (Å²) in [5, 5.41) is 20.2. The van der Waals surface area contributed by atoms with Crippen LogP contribution in [0, 0.1) is 0 Å². The molecular formula is C15H24N2O2S2. The number of urea groups is 1. The third kappa shape index (κ3) is 5.52. The molecule has 1 saturated carbocycles. The Kier molecular flexibility index (Phi) is 6.86. The van der Waals surface area contributed by atoms with E-state index in [9.17, 15) is 9.90 Å². The van der Waals surface area contributed by atoms with E-state index < -0.39 is 6.10 Å². The average molecular weight is 329 g/mol. The van der Waals surface area contributed by atoms with Crippen molar-refractivity contribution in [2.75, 3.05) is 12.3 Å². The maximum absolute atomic E-state index is 11.9. The minimum Gasteiger partial charge on any atom is -0.387 e. The molecule has 3 atom stereocenters. The van der Waals surface area contributed by atoms with E-state index in [4.69, 9.17) is 0 Å². The molecule has 4 nitrogen and oxygen atoms in total. The maximum Gasteiger partial charge on any atom is 0.315 e. The van der Waals surface area contributed by atoms with Gasteiger partial charge < -0.3 is 15.7 Å². The zero-order chi connectivity index (χ0) is 15.1. The molecule has 2 rings (SSSR count). The van der Waals surface area contributed by atoms with Crippen molar-refractivity contribution in [2.45, 2.75) is 50.0 Å². The number of thiophene rings is 1. The molecule has 0 aliphatic heterocycles. The van der Waals surface area contributed by atoms with Gasteiger partial charge in [0.05, 0.1) is 6.10 Å². The molecule has 0 spiro atoms. The first-order valence-electron chi connectivity index (χ1n) is 7.55. The summed E-state index contributed by atoms with van der Waals surface area (Å²) < 4.78 is 0. The van der Waals surface area contributed by atoms with E-state index in [0.717, 1.165) is 24.2 Å². The van der Waals surface area contributed by atoms with Gasteiger partial charge >= 0.3 is 6.03 Å². The van der Waals surface area contributed by atoms with Crippen LogP contribution in [0.25, 0.3) is 0 Å². The summed E-state index contributed by atoms with van der Waals surface area (Å²) in [4.78, 5) is 11.9. The molecule has 1 aromatic heterocycles. The van der Waals surface area contributed by atoms with E-state index >= 15 is 0 Å². The summed E-state index contributed by atoms with van der Waals surface area (Å²) in [7, 11) is 0. The number of carbonyl (C=O) groups excluding carboxylic acids is 1. The van der Waals surface area contributed by atoms with Gasteiger partial charge in [-0.05, 0) is 47.4 Å². The van der Waals surface area contributed by atoms with Gasteiger partial charge in [-0.3, -0.25) is 0 Å². The molecule has 21 heavy (non-hydrogen) atoms. The molecule has 1 heterocycles. The molecular weight excluding hydrogens is 304 g/mol. The Balaban J connectivity index is 1.69. The van der Waals surface area contributed by atoms with Crippen LogP contribution in [0.4, 0.5) is 4.79 Å². The monoisotopic (exact) mass is 328 g/mol.